The monoisotopic (exact) mass is 289 g/mol. The first kappa shape index (κ1) is 9.18. The molecule has 1 saturated carbocycles. The Bertz CT molecular complexity index is 310. The third kappa shape index (κ3) is 2.52. The first-order valence-electron chi connectivity index (χ1n) is 4.52. The minimum atomic E-state index is 0.612. The van der Waals surface area contributed by atoms with Crippen LogP contribution in [-0.2, 0) is 6.42 Å². The topological polar surface area (TPSA) is 51.8 Å². The Labute approximate surface area is 91.3 Å². The van der Waals surface area contributed by atoms with Crippen LogP contribution in [0.5, 0.6) is 0 Å². The van der Waals surface area contributed by atoms with E-state index in [9.17, 15) is 0 Å². The molecule has 1 aromatic heterocycles. The molecule has 0 bridgehead atoms. The number of halogens is 1. The van der Waals surface area contributed by atoms with Crippen molar-refractivity contribution in [2.24, 2.45) is 5.92 Å². The lowest BCUT2D eigenvalue weighted by Crippen LogP contribution is -2.01. The van der Waals surface area contributed by atoms with Crippen LogP contribution >= 0.6 is 22.6 Å². The SMILES string of the molecule is Nc1nc(CCC2CC2)ncc1I. The van der Waals surface area contributed by atoms with Crippen LogP contribution in [0.15, 0.2) is 6.20 Å². The van der Waals surface area contributed by atoms with Crippen LogP contribution in [0.4, 0.5) is 5.82 Å². The van der Waals surface area contributed by atoms with Gasteiger partial charge in [0.2, 0.25) is 0 Å². The molecule has 1 heterocycles. The number of nitrogen functional groups attached to an aromatic ring is 1. The largest absolute Gasteiger partial charge is 0.383 e. The van der Waals surface area contributed by atoms with Crippen molar-refractivity contribution >= 4 is 28.4 Å². The minimum Gasteiger partial charge on any atom is -0.383 e. The second-order valence-electron chi connectivity index (χ2n) is 3.50. The minimum absolute atomic E-state index is 0.612. The maximum Gasteiger partial charge on any atom is 0.140 e. The van der Waals surface area contributed by atoms with E-state index in [1.54, 1.807) is 6.20 Å². The molecule has 4 heteroatoms. The Hall–Kier alpha value is -0.390. The molecule has 1 aliphatic rings. The van der Waals surface area contributed by atoms with E-state index in [0.29, 0.717) is 5.82 Å². The van der Waals surface area contributed by atoms with Crippen LogP contribution in [0.1, 0.15) is 25.1 Å². The van der Waals surface area contributed by atoms with Gasteiger partial charge in [-0.25, -0.2) is 9.97 Å². The molecule has 1 aromatic rings. The first-order chi connectivity index (χ1) is 6.25. The van der Waals surface area contributed by atoms with Crippen LogP contribution < -0.4 is 5.73 Å². The van der Waals surface area contributed by atoms with Crippen molar-refractivity contribution in [3.63, 3.8) is 0 Å². The van der Waals surface area contributed by atoms with Gasteiger partial charge in [0.15, 0.2) is 0 Å². The molecule has 0 unspecified atom stereocenters. The first-order valence-corrected chi connectivity index (χ1v) is 5.60. The number of aromatic nitrogens is 2. The lowest BCUT2D eigenvalue weighted by molar-refractivity contribution is 0.697. The van der Waals surface area contributed by atoms with E-state index in [1.807, 2.05) is 0 Å². The Morgan fingerprint density at radius 2 is 2.31 bits per heavy atom. The average Bonchev–Trinajstić information content (AvgIpc) is 2.91. The summed E-state index contributed by atoms with van der Waals surface area (Å²) in [6.07, 6.45) is 6.77. The maximum atomic E-state index is 5.68. The maximum absolute atomic E-state index is 5.68. The number of rotatable bonds is 3. The van der Waals surface area contributed by atoms with Crippen molar-refractivity contribution in [3.05, 3.63) is 15.6 Å². The quantitative estimate of drug-likeness (QED) is 0.866. The number of aryl methyl sites for hydroxylation is 1. The van der Waals surface area contributed by atoms with Crippen LogP contribution in [0.3, 0.4) is 0 Å². The Morgan fingerprint density at radius 3 is 2.92 bits per heavy atom. The predicted octanol–water partition coefficient (Wildman–Crippen LogP) is 2.01. The van der Waals surface area contributed by atoms with Crippen LogP contribution in [0, 0.1) is 9.49 Å². The van der Waals surface area contributed by atoms with E-state index in [0.717, 1.165) is 21.7 Å². The second-order valence-corrected chi connectivity index (χ2v) is 4.66. The van der Waals surface area contributed by atoms with Crippen molar-refractivity contribution in [2.45, 2.75) is 25.7 Å². The third-order valence-electron chi connectivity index (χ3n) is 2.29. The molecule has 0 atom stereocenters. The van der Waals surface area contributed by atoms with Crippen LogP contribution in [0.2, 0.25) is 0 Å². The fourth-order valence-corrected chi connectivity index (χ4v) is 1.54. The molecule has 0 spiro atoms. The van der Waals surface area contributed by atoms with Gasteiger partial charge in [-0.15, -0.1) is 0 Å². The van der Waals surface area contributed by atoms with E-state index >= 15 is 0 Å². The second kappa shape index (κ2) is 3.77. The van der Waals surface area contributed by atoms with Gasteiger partial charge in [-0.05, 0) is 34.9 Å². The van der Waals surface area contributed by atoms with Crippen molar-refractivity contribution < 1.29 is 0 Å². The molecule has 0 aromatic carbocycles. The molecule has 13 heavy (non-hydrogen) atoms. The number of nitrogens with two attached hydrogens (primary N) is 1. The highest BCUT2D eigenvalue weighted by Gasteiger charge is 2.21. The lowest BCUT2D eigenvalue weighted by atomic mass is 10.2. The standard InChI is InChI=1S/C9H12IN3/c10-7-5-12-8(13-9(7)11)4-3-6-1-2-6/h5-6H,1-4H2,(H2,11,12,13). The van der Waals surface area contributed by atoms with Crippen LogP contribution in [-0.4, -0.2) is 9.97 Å². The van der Waals surface area contributed by atoms with Gasteiger partial charge in [-0.2, -0.15) is 0 Å². The van der Waals surface area contributed by atoms with Crippen molar-refractivity contribution in [3.8, 4) is 0 Å². The van der Waals surface area contributed by atoms with E-state index in [2.05, 4.69) is 32.6 Å². The Balaban J connectivity index is 1.98. The van der Waals surface area contributed by atoms with Crippen molar-refractivity contribution in [1.82, 2.24) is 9.97 Å². The van der Waals surface area contributed by atoms with Crippen LogP contribution in [0.25, 0.3) is 0 Å². The highest BCUT2D eigenvalue weighted by atomic mass is 127. The van der Waals surface area contributed by atoms with Gasteiger partial charge < -0.3 is 5.73 Å². The zero-order valence-corrected chi connectivity index (χ0v) is 9.49. The van der Waals surface area contributed by atoms with Gasteiger partial charge in [-0.3, -0.25) is 0 Å². The number of anilines is 1. The summed E-state index contributed by atoms with van der Waals surface area (Å²) in [4.78, 5) is 8.47. The molecule has 0 saturated heterocycles. The summed E-state index contributed by atoms with van der Waals surface area (Å²) < 4.78 is 0.938. The molecule has 70 valence electrons. The summed E-state index contributed by atoms with van der Waals surface area (Å²) in [5.41, 5.74) is 5.68. The van der Waals surface area contributed by atoms with Gasteiger partial charge in [-0.1, -0.05) is 12.8 Å². The predicted molar refractivity (Wildman–Crippen MR) is 60.2 cm³/mol. The van der Waals surface area contributed by atoms with E-state index in [1.165, 1.54) is 19.3 Å². The molecule has 0 radical (unpaired) electrons. The average molecular weight is 289 g/mol. The third-order valence-corrected chi connectivity index (χ3v) is 3.13. The molecular weight excluding hydrogens is 277 g/mol. The molecule has 2 N–H and O–H groups in total. The summed E-state index contributed by atoms with van der Waals surface area (Å²) in [6.45, 7) is 0. The van der Waals surface area contributed by atoms with Crippen molar-refractivity contribution in [2.75, 3.05) is 5.73 Å². The molecule has 3 nitrogen and oxygen atoms in total. The highest BCUT2D eigenvalue weighted by Crippen LogP contribution is 2.33. The summed E-state index contributed by atoms with van der Waals surface area (Å²) in [5, 5.41) is 0. The summed E-state index contributed by atoms with van der Waals surface area (Å²) in [7, 11) is 0. The zero-order chi connectivity index (χ0) is 9.26. The Kier molecular flexibility index (Phi) is 2.66. The fraction of sp³-hybridized carbons (Fsp3) is 0.556. The molecule has 0 aliphatic heterocycles. The normalized spacial score (nSPS) is 16.1. The number of hydrogen-bond donors (Lipinski definition) is 1. The van der Waals surface area contributed by atoms with Gasteiger partial charge >= 0.3 is 0 Å². The fourth-order valence-electron chi connectivity index (χ4n) is 1.28. The summed E-state index contributed by atoms with van der Waals surface area (Å²) in [6, 6.07) is 0. The summed E-state index contributed by atoms with van der Waals surface area (Å²) >= 11 is 2.15. The molecule has 1 fully saturated rings. The van der Waals surface area contributed by atoms with E-state index in [4.69, 9.17) is 5.73 Å². The van der Waals surface area contributed by atoms with E-state index < -0.39 is 0 Å². The molecule has 1 aliphatic carbocycles. The lowest BCUT2D eigenvalue weighted by Gasteiger charge is -2.01. The molecular formula is C9H12IN3. The van der Waals surface area contributed by atoms with Gasteiger partial charge in [0.25, 0.3) is 0 Å². The van der Waals surface area contributed by atoms with E-state index in [-0.39, 0.29) is 0 Å². The highest BCUT2D eigenvalue weighted by molar-refractivity contribution is 14.1. The number of nitrogens with zero attached hydrogens (tertiary/aromatic N) is 2. The van der Waals surface area contributed by atoms with Gasteiger partial charge in [0, 0.05) is 12.6 Å². The van der Waals surface area contributed by atoms with Gasteiger partial charge in [0.1, 0.15) is 11.6 Å². The van der Waals surface area contributed by atoms with Gasteiger partial charge in [0.05, 0.1) is 3.57 Å². The summed E-state index contributed by atoms with van der Waals surface area (Å²) in [5.74, 6) is 2.44. The molecule has 0 amide bonds. The van der Waals surface area contributed by atoms with Crippen molar-refractivity contribution in [1.29, 1.82) is 0 Å². The number of hydrogen-bond acceptors (Lipinski definition) is 3. The smallest absolute Gasteiger partial charge is 0.140 e. The Morgan fingerprint density at radius 1 is 1.54 bits per heavy atom. The molecule has 2 rings (SSSR count). The zero-order valence-electron chi connectivity index (χ0n) is 7.33.